The maximum Gasteiger partial charge on any atom is 0.0858 e. The molecule has 0 aliphatic carbocycles. The van der Waals surface area contributed by atoms with Gasteiger partial charge in [-0.05, 0) is 38.9 Å². The fourth-order valence-electron chi connectivity index (χ4n) is 2.52. The third-order valence-electron chi connectivity index (χ3n) is 3.55. The van der Waals surface area contributed by atoms with Gasteiger partial charge in [0.05, 0.1) is 5.60 Å². The molecule has 0 unspecified atom stereocenters. The Balaban J connectivity index is 2.41. The molecule has 1 aromatic heterocycles. The minimum atomic E-state index is -0.805. The highest BCUT2D eigenvalue weighted by Crippen LogP contribution is 2.27. The van der Waals surface area contributed by atoms with Gasteiger partial charge in [0.15, 0.2) is 0 Å². The number of likely N-dealkylation sites (N-methyl/N-ethyl adjacent to an activating group) is 1. The average molecular weight is 234 g/mol. The molecule has 1 aliphatic heterocycles. The Labute approximate surface area is 103 Å². The first-order chi connectivity index (χ1) is 7.91. The summed E-state index contributed by atoms with van der Waals surface area (Å²) in [7, 11) is 0. The molecule has 0 radical (unpaired) electrons. The van der Waals surface area contributed by atoms with Crippen molar-refractivity contribution in [2.75, 3.05) is 13.1 Å². The van der Waals surface area contributed by atoms with Gasteiger partial charge >= 0.3 is 0 Å². The molecule has 0 bridgehead atoms. The summed E-state index contributed by atoms with van der Waals surface area (Å²) in [6.07, 6.45) is 1.02. The summed E-state index contributed by atoms with van der Waals surface area (Å²) >= 11 is 0. The van der Waals surface area contributed by atoms with Gasteiger partial charge in [0, 0.05) is 36.5 Å². The Kier molecular flexibility index (Phi) is 3.23. The number of aliphatic hydroxyl groups is 1. The van der Waals surface area contributed by atoms with Gasteiger partial charge in [-0.25, -0.2) is 0 Å². The molecule has 3 heteroatoms. The first-order valence-electron chi connectivity index (χ1n) is 6.36. The van der Waals surface area contributed by atoms with E-state index >= 15 is 0 Å². The monoisotopic (exact) mass is 234 g/mol. The van der Waals surface area contributed by atoms with Crippen LogP contribution < -0.4 is 0 Å². The van der Waals surface area contributed by atoms with Crippen LogP contribution in [0.4, 0.5) is 0 Å². The topological polar surface area (TPSA) is 36.4 Å². The van der Waals surface area contributed by atoms with Crippen molar-refractivity contribution in [1.82, 2.24) is 9.88 Å². The molecular weight excluding hydrogens is 212 g/mol. The summed E-state index contributed by atoms with van der Waals surface area (Å²) in [5.41, 5.74) is 3.59. The van der Waals surface area contributed by atoms with Gasteiger partial charge in [0.25, 0.3) is 0 Å². The second-order valence-corrected chi connectivity index (χ2v) is 5.40. The molecule has 17 heavy (non-hydrogen) atoms. The van der Waals surface area contributed by atoms with E-state index in [9.17, 15) is 5.11 Å². The smallest absolute Gasteiger partial charge is 0.0858 e. The van der Waals surface area contributed by atoms with Crippen molar-refractivity contribution in [3.63, 3.8) is 0 Å². The molecule has 0 atom stereocenters. The Morgan fingerprint density at radius 2 is 2.18 bits per heavy atom. The van der Waals surface area contributed by atoms with Crippen molar-refractivity contribution in [2.24, 2.45) is 0 Å². The summed E-state index contributed by atoms with van der Waals surface area (Å²) < 4.78 is 0. The van der Waals surface area contributed by atoms with Crippen LogP contribution in [0.2, 0.25) is 0 Å². The van der Waals surface area contributed by atoms with E-state index in [0.717, 1.165) is 37.3 Å². The molecular formula is C14H22N2O. The lowest BCUT2D eigenvalue weighted by Crippen LogP contribution is -2.32. The number of nitrogens with zero attached hydrogens (tertiary/aromatic N) is 2. The number of hydrogen-bond donors (Lipinski definition) is 1. The van der Waals surface area contributed by atoms with Gasteiger partial charge in [-0.1, -0.05) is 6.92 Å². The van der Waals surface area contributed by atoms with Crippen molar-refractivity contribution >= 4 is 0 Å². The van der Waals surface area contributed by atoms with Crippen LogP contribution in [-0.4, -0.2) is 28.1 Å². The van der Waals surface area contributed by atoms with Gasteiger partial charge in [0.1, 0.15) is 0 Å². The molecule has 1 aromatic rings. The Hall–Kier alpha value is -0.930. The fraction of sp³-hybridized carbons (Fsp3) is 0.643. The van der Waals surface area contributed by atoms with E-state index in [1.165, 1.54) is 11.3 Å². The van der Waals surface area contributed by atoms with E-state index < -0.39 is 5.60 Å². The number of fused-ring (bicyclic) bond motifs is 1. The second kappa shape index (κ2) is 4.39. The third-order valence-corrected chi connectivity index (χ3v) is 3.55. The summed E-state index contributed by atoms with van der Waals surface area (Å²) in [5.74, 6) is 0. The first-order valence-corrected chi connectivity index (χ1v) is 6.36. The quantitative estimate of drug-likeness (QED) is 0.850. The lowest BCUT2D eigenvalue weighted by molar-refractivity contribution is 0.0771. The van der Waals surface area contributed by atoms with E-state index in [1.807, 2.05) is 20.8 Å². The molecule has 0 amide bonds. The van der Waals surface area contributed by atoms with Crippen LogP contribution in [0.1, 0.15) is 43.3 Å². The highest BCUT2D eigenvalue weighted by molar-refractivity contribution is 5.34. The van der Waals surface area contributed by atoms with Crippen molar-refractivity contribution in [1.29, 1.82) is 0 Å². The van der Waals surface area contributed by atoms with Gasteiger partial charge < -0.3 is 5.11 Å². The molecule has 2 rings (SSSR count). The number of aromatic nitrogens is 1. The summed E-state index contributed by atoms with van der Waals surface area (Å²) in [6.45, 7) is 10.9. The number of hydrogen-bond acceptors (Lipinski definition) is 3. The Morgan fingerprint density at radius 1 is 1.47 bits per heavy atom. The molecule has 94 valence electrons. The zero-order valence-corrected chi connectivity index (χ0v) is 11.2. The maximum atomic E-state index is 10.1. The molecule has 0 aromatic carbocycles. The molecule has 0 saturated carbocycles. The summed E-state index contributed by atoms with van der Waals surface area (Å²) in [5, 5.41) is 10.1. The SMILES string of the molecule is CCN1CCc2nc(C)c(C(C)(C)O)cc2C1. The van der Waals surface area contributed by atoms with E-state index in [2.05, 4.69) is 22.9 Å². The van der Waals surface area contributed by atoms with E-state index in [-0.39, 0.29) is 0 Å². The molecule has 1 aliphatic rings. The molecule has 0 saturated heterocycles. The normalized spacial score (nSPS) is 17.0. The van der Waals surface area contributed by atoms with E-state index in [1.54, 1.807) is 0 Å². The van der Waals surface area contributed by atoms with Gasteiger partial charge in [0.2, 0.25) is 0 Å². The predicted octanol–water partition coefficient (Wildman–Crippen LogP) is 2.00. The van der Waals surface area contributed by atoms with Crippen LogP contribution >= 0.6 is 0 Å². The highest BCUT2D eigenvalue weighted by Gasteiger charge is 2.24. The standard InChI is InChI=1S/C14H22N2O/c1-5-16-7-6-13-11(9-16)8-12(10(2)15-13)14(3,4)17/h8,17H,5-7,9H2,1-4H3. The van der Waals surface area contributed by atoms with E-state index in [4.69, 9.17) is 0 Å². The van der Waals surface area contributed by atoms with Gasteiger partial charge in [-0.3, -0.25) is 9.88 Å². The van der Waals surface area contributed by atoms with Crippen molar-refractivity contribution < 1.29 is 5.11 Å². The number of aryl methyl sites for hydroxylation is 1. The fourth-order valence-corrected chi connectivity index (χ4v) is 2.52. The van der Waals surface area contributed by atoms with Crippen LogP contribution in [0.3, 0.4) is 0 Å². The largest absolute Gasteiger partial charge is 0.386 e. The van der Waals surface area contributed by atoms with Gasteiger partial charge in [-0.2, -0.15) is 0 Å². The lowest BCUT2D eigenvalue weighted by atomic mass is 9.93. The van der Waals surface area contributed by atoms with Crippen molar-refractivity contribution in [2.45, 2.75) is 46.3 Å². The van der Waals surface area contributed by atoms with Crippen molar-refractivity contribution in [3.05, 3.63) is 28.6 Å². The van der Waals surface area contributed by atoms with Crippen LogP contribution in [0, 0.1) is 6.92 Å². The van der Waals surface area contributed by atoms with Crippen LogP contribution in [0.15, 0.2) is 6.07 Å². The molecule has 1 N–H and O–H groups in total. The van der Waals surface area contributed by atoms with Crippen LogP contribution in [-0.2, 0) is 18.6 Å². The van der Waals surface area contributed by atoms with Gasteiger partial charge in [-0.15, -0.1) is 0 Å². The van der Waals surface area contributed by atoms with Crippen molar-refractivity contribution in [3.8, 4) is 0 Å². The molecule has 3 nitrogen and oxygen atoms in total. The highest BCUT2D eigenvalue weighted by atomic mass is 16.3. The summed E-state index contributed by atoms with van der Waals surface area (Å²) in [6, 6.07) is 2.14. The van der Waals surface area contributed by atoms with E-state index in [0.29, 0.717) is 0 Å². The Morgan fingerprint density at radius 3 is 2.76 bits per heavy atom. The van der Waals surface area contributed by atoms with Crippen LogP contribution in [0.25, 0.3) is 0 Å². The molecule has 0 spiro atoms. The summed E-state index contributed by atoms with van der Waals surface area (Å²) in [4.78, 5) is 7.07. The predicted molar refractivity (Wildman–Crippen MR) is 68.9 cm³/mol. The third kappa shape index (κ3) is 2.50. The number of rotatable bonds is 2. The average Bonchev–Trinajstić information content (AvgIpc) is 2.26. The molecule has 0 fully saturated rings. The zero-order valence-electron chi connectivity index (χ0n) is 11.2. The molecule has 2 heterocycles. The van der Waals surface area contributed by atoms with Crippen LogP contribution in [0.5, 0.6) is 0 Å². The zero-order chi connectivity index (χ0) is 12.6. The Bertz CT molecular complexity index is 421. The minimum Gasteiger partial charge on any atom is -0.386 e. The minimum absolute atomic E-state index is 0.805. The second-order valence-electron chi connectivity index (χ2n) is 5.40. The number of pyridine rings is 1. The first kappa shape index (κ1) is 12.5. The maximum absolute atomic E-state index is 10.1. The lowest BCUT2D eigenvalue weighted by Gasteiger charge is -2.29.